The third-order valence-electron chi connectivity index (χ3n) is 17.3. The lowest BCUT2D eigenvalue weighted by atomic mass is 9.68. The molecule has 15 rings (SSSR count). The van der Waals surface area contributed by atoms with E-state index >= 15 is 0 Å². The van der Waals surface area contributed by atoms with Crippen LogP contribution in [0.1, 0.15) is 34.7 Å². The summed E-state index contributed by atoms with van der Waals surface area (Å²) in [5, 5.41) is 4.84. The summed E-state index contributed by atoms with van der Waals surface area (Å²) in [6.45, 7) is 6.30. The Balaban J connectivity index is 0.951. The van der Waals surface area contributed by atoms with Crippen LogP contribution in [0.15, 0.2) is 328 Å². The molecule has 0 fully saturated rings. The SMILES string of the molecule is C=C/C(=C\C=C/C)c1ccc(-c2ccccc2)c(N(c2ccccc2)c2ccc3c4c(ccc3c2)-c2ccc3cc(N(c5ccccc5)c5cc(-c6ccccc6)ccc5-c5ccccc5)ccc3c2C42c3ccccc3-c3ccccc32)c1. The summed E-state index contributed by atoms with van der Waals surface area (Å²) < 4.78 is 0. The predicted octanol–water partition coefficient (Wildman–Crippen LogP) is 22.4. The van der Waals surface area contributed by atoms with Crippen molar-refractivity contribution in [1.82, 2.24) is 0 Å². The molecule has 0 N–H and O–H groups in total. The van der Waals surface area contributed by atoms with Crippen LogP contribution in [0.3, 0.4) is 0 Å². The molecule has 0 heterocycles. The van der Waals surface area contributed by atoms with E-state index in [0.717, 1.165) is 67.5 Å². The molecule has 0 saturated carbocycles. The first-order valence-corrected chi connectivity index (χ1v) is 29.1. The van der Waals surface area contributed by atoms with Gasteiger partial charge in [-0.15, -0.1) is 0 Å². The van der Waals surface area contributed by atoms with Crippen molar-refractivity contribution in [2.75, 3.05) is 9.80 Å². The maximum absolute atomic E-state index is 4.25. The van der Waals surface area contributed by atoms with Crippen LogP contribution in [0, 0.1) is 0 Å². The Morgan fingerprint density at radius 3 is 1.26 bits per heavy atom. The molecular formula is C82H58N2. The van der Waals surface area contributed by atoms with Crippen molar-refractivity contribution >= 4 is 61.2 Å². The standard InChI is InChI=1S/C82H58N2/c1-3-5-25-56(4-2)60-40-46-68(58-28-13-7-14-29-58)78(54-60)83(64-32-17-9-18-33-64)66-44-50-70-62(52-66)42-48-74-75-49-43-63-53-67(45-51-71(63)81(75)82(80(70)74)76-38-23-21-36-72(76)73-37-22-24-39-77(73)82)84(65-34-19-10-20-35-65)79-55-61(57-26-11-6-12-27-57)41-47-69(79)59-30-15-8-16-31-59/h3-55H,2H2,1H3/b5-3-,56-25+. The molecule has 0 unspecified atom stereocenters. The number of nitrogens with zero attached hydrogens (tertiary/aromatic N) is 2. The first kappa shape index (κ1) is 50.2. The number of hydrogen-bond acceptors (Lipinski definition) is 2. The third kappa shape index (κ3) is 8.17. The third-order valence-corrected chi connectivity index (χ3v) is 17.3. The van der Waals surface area contributed by atoms with Gasteiger partial charge in [-0.3, -0.25) is 0 Å². The predicted molar refractivity (Wildman–Crippen MR) is 356 cm³/mol. The lowest BCUT2D eigenvalue weighted by Gasteiger charge is -2.33. The van der Waals surface area contributed by atoms with Gasteiger partial charge in [0, 0.05) is 33.9 Å². The van der Waals surface area contributed by atoms with E-state index < -0.39 is 5.41 Å². The molecule has 2 nitrogen and oxygen atoms in total. The lowest BCUT2D eigenvalue weighted by molar-refractivity contribution is 0.809. The molecule has 0 amide bonds. The summed E-state index contributed by atoms with van der Waals surface area (Å²) >= 11 is 0. The van der Waals surface area contributed by atoms with Gasteiger partial charge in [-0.2, -0.15) is 0 Å². The summed E-state index contributed by atoms with van der Waals surface area (Å²) in [4.78, 5) is 4.89. The van der Waals surface area contributed by atoms with E-state index in [1.165, 1.54) is 77.2 Å². The van der Waals surface area contributed by atoms with Gasteiger partial charge in [-0.25, -0.2) is 0 Å². The number of rotatable bonds is 12. The maximum Gasteiger partial charge on any atom is 0.0737 e. The Kier molecular flexibility index (Phi) is 12.5. The van der Waals surface area contributed by atoms with Crippen molar-refractivity contribution in [3.8, 4) is 55.6 Å². The molecule has 2 heteroatoms. The lowest BCUT2D eigenvalue weighted by Crippen LogP contribution is -2.26. The van der Waals surface area contributed by atoms with Crippen LogP contribution >= 0.6 is 0 Å². The minimum absolute atomic E-state index is 0.627. The van der Waals surface area contributed by atoms with Gasteiger partial charge in [-0.1, -0.05) is 267 Å². The van der Waals surface area contributed by atoms with Crippen molar-refractivity contribution < 1.29 is 0 Å². The van der Waals surface area contributed by atoms with E-state index in [2.05, 4.69) is 332 Å². The quantitative estimate of drug-likeness (QED) is 0.113. The van der Waals surface area contributed by atoms with Crippen LogP contribution in [0.4, 0.5) is 34.1 Å². The number of hydrogen-bond donors (Lipinski definition) is 0. The highest BCUT2D eigenvalue weighted by Crippen LogP contribution is 2.66. The van der Waals surface area contributed by atoms with E-state index in [9.17, 15) is 0 Å². The first-order chi connectivity index (χ1) is 41.6. The van der Waals surface area contributed by atoms with E-state index in [1.807, 2.05) is 13.0 Å². The van der Waals surface area contributed by atoms with E-state index in [-0.39, 0.29) is 0 Å². The normalized spacial score (nSPS) is 12.8. The highest BCUT2D eigenvalue weighted by Gasteiger charge is 2.53. The molecule has 0 aliphatic heterocycles. The van der Waals surface area contributed by atoms with Gasteiger partial charge in [0.25, 0.3) is 0 Å². The highest BCUT2D eigenvalue weighted by atomic mass is 15.2. The average Bonchev–Trinajstić information content (AvgIpc) is 1.53. The van der Waals surface area contributed by atoms with Crippen LogP contribution in [0.25, 0.3) is 82.8 Å². The molecule has 0 bridgehead atoms. The van der Waals surface area contributed by atoms with Gasteiger partial charge in [0.05, 0.1) is 16.8 Å². The van der Waals surface area contributed by atoms with E-state index in [4.69, 9.17) is 0 Å². The minimum atomic E-state index is -0.627. The van der Waals surface area contributed by atoms with Crippen molar-refractivity contribution in [2.24, 2.45) is 0 Å². The molecule has 13 aromatic rings. The Morgan fingerprint density at radius 2 is 0.774 bits per heavy atom. The molecule has 2 aliphatic carbocycles. The Labute approximate surface area is 492 Å². The van der Waals surface area contributed by atoms with E-state index in [0.29, 0.717) is 0 Å². The highest BCUT2D eigenvalue weighted by molar-refractivity contribution is 6.10. The van der Waals surface area contributed by atoms with Crippen LogP contribution in [0.2, 0.25) is 0 Å². The van der Waals surface area contributed by atoms with Gasteiger partial charge >= 0.3 is 0 Å². The summed E-state index contributed by atoms with van der Waals surface area (Å²) in [6, 6.07) is 110. The average molecular weight is 1070 g/mol. The molecule has 396 valence electrons. The van der Waals surface area contributed by atoms with Gasteiger partial charge in [-0.05, 0) is 167 Å². The second-order valence-electron chi connectivity index (χ2n) is 21.9. The monoisotopic (exact) mass is 1070 g/mol. The minimum Gasteiger partial charge on any atom is -0.310 e. The molecular weight excluding hydrogens is 1010 g/mol. The van der Waals surface area contributed by atoms with Crippen LogP contribution in [-0.4, -0.2) is 0 Å². The Morgan fingerprint density at radius 1 is 0.345 bits per heavy atom. The van der Waals surface area contributed by atoms with Crippen LogP contribution < -0.4 is 9.80 Å². The fraction of sp³-hybridized carbons (Fsp3) is 0.0244. The van der Waals surface area contributed by atoms with Crippen LogP contribution in [0.5, 0.6) is 0 Å². The second-order valence-corrected chi connectivity index (χ2v) is 21.9. The van der Waals surface area contributed by atoms with Gasteiger partial charge < -0.3 is 9.80 Å². The fourth-order valence-electron chi connectivity index (χ4n) is 13.7. The fourth-order valence-corrected chi connectivity index (χ4v) is 13.7. The number of allylic oxidation sites excluding steroid dienone is 5. The molecule has 0 aromatic heterocycles. The summed E-state index contributed by atoms with van der Waals surface area (Å²) in [6.07, 6.45) is 8.23. The van der Waals surface area contributed by atoms with Crippen molar-refractivity contribution in [3.63, 3.8) is 0 Å². The second kappa shape index (κ2) is 20.9. The zero-order valence-electron chi connectivity index (χ0n) is 46.7. The smallest absolute Gasteiger partial charge is 0.0737 e. The summed E-state index contributed by atoms with van der Waals surface area (Å²) in [7, 11) is 0. The number of anilines is 6. The molecule has 2 aliphatic rings. The molecule has 0 atom stereocenters. The molecule has 0 radical (unpaired) electrons. The Bertz CT molecular complexity index is 4690. The maximum atomic E-state index is 4.25. The Hall–Kier alpha value is -10.8. The summed E-state index contributed by atoms with van der Waals surface area (Å²) in [5.41, 5.74) is 25.4. The largest absolute Gasteiger partial charge is 0.310 e. The van der Waals surface area contributed by atoms with Crippen LogP contribution in [-0.2, 0) is 5.41 Å². The topological polar surface area (TPSA) is 6.48 Å². The van der Waals surface area contributed by atoms with E-state index in [1.54, 1.807) is 0 Å². The zero-order valence-corrected chi connectivity index (χ0v) is 46.7. The molecule has 13 aromatic carbocycles. The molecule has 1 spiro atoms. The zero-order chi connectivity index (χ0) is 56.1. The van der Waals surface area contributed by atoms with Crippen molar-refractivity contribution in [3.05, 3.63) is 356 Å². The van der Waals surface area contributed by atoms with Gasteiger partial charge in [0.1, 0.15) is 0 Å². The summed E-state index contributed by atoms with van der Waals surface area (Å²) in [5.74, 6) is 0. The molecule has 84 heavy (non-hydrogen) atoms. The molecule has 0 saturated heterocycles. The number of fused-ring (bicyclic) bond motifs is 14. The van der Waals surface area contributed by atoms with Gasteiger partial charge in [0.15, 0.2) is 0 Å². The van der Waals surface area contributed by atoms with Gasteiger partial charge in [0.2, 0.25) is 0 Å². The first-order valence-electron chi connectivity index (χ1n) is 29.1. The van der Waals surface area contributed by atoms with Crippen molar-refractivity contribution in [2.45, 2.75) is 12.3 Å². The number of para-hydroxylation sites is 2. The number of benzene rings is 13. The van der Waals surface area contributed by atoms with Crippen molar-refractivity contribution in [1.29, 1.82) is 0 Å².